The molecule has 8 nitrogen and oxygen atoms in total. The number of rotatable bonds is 10. The number of carbonyl (C=O) groups excluding carboxylic acids is 2. The third kappa shape index (κ3) is 8.13. The molecule has 11 heteroatoms. The fraction of sp³-hybridized carbons (Fsp3) is 0.310. The van der Waals surface area contributed by atoms with Crippen LogP contribution < -0.4 is 14.4 Å². The van der Waals surface area contributed by atoms with Crippen LogP contribution in [0.15, 0.2) is 77.7 Å². The van der Waals surface area contributed by atoms with Crippen molar-refractivity contribution in [3.8, 4) is 5.75 Å². The summed E-state index contributed by atoms with van der Waals surface area (Å²) in [5.41, 5.74) is 0.434. The molecule has 3 aromatic rings. The summed E-state index contributed by atoms with van der Waals surface area (Å²) in [4.78, 5) is 28.4. The number of halogens is 2. The third-order valence-electron chi connectivity index (χ3n) is 5.97. The minimum atomic E-state index is -4.20. The van der Waals surface area contributed by atoms with Gasteiger partial charge in [-0.15, -0.1) is 0 Å². The van der Waals surface area contributed by atoms with Gasteiger partial charge >= 0.3 is 0 Å². The Morgan fingerprint density at radius 2 is 1.43 bits per heavy atom. The number of methoxy groups -OCH3 is 1. The lowest BCUT2D eigenvalue weighted by atomic mass is 10.1. The van der Waals surface area contributed by atoms with Gasteiger partial charge in [0.05, 0.1) is 17.7 Å². The van der Waals surface area contributed by atoms with Gasteiger partial charge in [0.2, 0.25) is 11.8 Å². The molecule has 2 amide bonds. The van der Waals surface area contributed by atoms with Gasteiger partial charge in [-0.2, -0.15) is 0 Å². The summed E-state index contributed by atoms with van der Waals surface area (Å²) in [6.07, 6.45) is 0. The van der Waals surface area contributed by atoms with Crippen LogP contribution in [0.3, 0.4) is 0 Å². The normalized spacial score (nSPS) is 12.4. The second kappa shape index (κ2) is 12.9. The van der Waals surface area contributed by atoms with E-state index >= 15 is 0 Å². The molecule has 0 fully saturated rings. The molecule has 0 unspecified atom stereocenters. The SMILES string of the molecule is COc1ccc(S(=O)(=O)N(CC(=O)N(Cc2ccc(Cl)cc2)[C@@H](C)C(=O)NC(C)(C)C)c2ccc(Cl)cc2)cc1. The van der Waals surface area contributed by atoms with Crippen molar-refractivity contribution in [1.29, 1.82) is 0 Å². The zero-order valence-electron chi connectivity index (χ0n) is 23.0. The van der Waals surface area contributed by atoms with Crippen LogP contribution >= 0.6 is 23.2 Å². The topological polar surface area (TPSA) is 96.0 Å². The Balaban J connectivity index is 2.03. The number of benzene rings is 3. The lowest BCUT2D eigenvalue weighted by Crippen LogP contribution is -2.54. The smallest absolute Gasteiger partial charge is 0.264 e. The Bertz CT molecular complexity index is 1420. The van der Waals surface area contributed by atoms with E-state index in [0.717, 1.165) is 9.87 Å². The van der Waals surface area contributed by atoms with Crippen molar-refractivity contribution in [3.63, 3.8) is 0 Å². The number of anilines is 1. The van der Waals surface area contributed by atoms with Crippen LogP contribution in [0.4, 0.5) is 5.69 Å². The fourth-order valence-corrected chi connectivity index (χ4v) is 5.52. The first-order valence-electron chi connectivity index (χ1n) is 12.5. The molecule has 3 aromatic carbocycles. The minimum Gasteiger partial charge on any atom is -0.497 e. The van der Waals surface area contributed by atoms with Crippen molar-refractivity contribution in [3.05, 3.63) is 88.4 Å². The van der Waals surface area contributed by atoms with Crippen LogP contribution in [0.5, 0.6) is 5.75 Å². The van der Waals surface area contributed by atoms with Crippen molar-refractivity contribution < 1.29 is 22.7 Å². The zero-order chi connectivity index (χ0) is 29.7. The maximum Gasteiger partial charge on any atom is 0.264 e. The highest BCUT2D eigenvalue weighted by Crippen LogP contribution is 2.27. The van der Waals surface area contributed by atoms with Crippen LogP contribution in [-0.2, 0) is 26.2 Å². The summed E-state index contributed by atoms with van der Waals surface area (Å²) < 4.78 is 33.9. The summed E-state index contributed by atoms with van der Waals surface area (Å²) in [5.74, 6) is -0.453. The van der Waals surface area contributed by atoms with Crippen LogP contribution in [0.1, 0.15) is 33.3 Å². The highest BCUT2D eigenvalue weighted by molar-refractivity contribution is 7.92. The maximum absolute atomic E-state index is 13.9. The summed E-state index contributed by atoms with van der Waals surface area (Å²) in [7, 11) is -2.72. The molecule has 0 saturated carbocycles. The third-order valence-corrected chi connectivity index (χ3v) is 8.26. The molecular formula is C29H33Cl2N3O5S. The van der Waals surface area contributed by atoms with Gasteiger partial charge < -0.3 is 15.0 Å². The molecule has 0 saturated heterocycles. The number of sulfonamides is 1. The highest BCUT2D eigenvalue weighted by atomic mass is 35.5. The Kier molecular flexibility index (Phi) is 10.1. The molecule has 0 aliphatic carbocycles. The lowest BCUT2D eigenvalue weighted by Gasteiger charge is -2.33. The Morgan fingerprint density at radius 3 is 1.93 bits per heavy atom. The molecule has 0 bridgehead atoms. The van der Waals surface area contributed by atoms with Gasteiger partial charge in [0.25, 0.3) is 10.0 Å². The summed E-state index contributed by atoms with van der Waals surface area (Å²) in [6, 6.07) is 18.0. The van der Waals surface area contributed by atoms with Crippen molar-refractivity contribution in [1.82, 2.24) is 10.2 Å². The molecule has 214 valence electrons. The second-order valence-electron chi connectivity index (χ2n) is 10.2. The first-order valence-corrected chi connectivity index (χ1v) is 14.7. The van der Waals surface area contributed by atoms with E-state index in [9.17, 15) is 18.0 Å². The first kappa shape index (κ1) is 31.3. The van der Waals surface area contributed by atoms with Gasteiger partial charge in [0.1, 0.15) is 18.3 Å². The van der Waals surface area contributed by atoms with Crippen LogP contribution in [0.2, 0.25) is 10.0 Å². The standard InChI is InChI=1S/C29H33Cl2N3O5S/c1-20(28(36)32-29(2,3)4)33(18-21-6-8-22(30)9-7-21)27(35)19-34(24-12-10-23(31)11-13-24)40(37,38)26-16-14-25(39-5)15-17-26/h6-17,20H,18-19H2,1-5H3,(H,32,36)/t20-/m0/s1. The number of ether oxygens (including phenoxy) is 1. The molecular weight excluding hydrogens is 573 g/mol. The van der Waals surface area contributed by atoms with Gasteiger partial charge in [-0.05, 0) is 93.9 Å². The molecule has 0 aliphatic heterocycles. The van der Waals surface area contributed by atoms with E-state index in [-0.39, 0.29) is 23.0 Å². The highest BCUT2D eigenvalue weighted by Gasteiger charge is 2.33. The van der Waals surface area contributed by atoms with Crippen molar-refractivity contribution in [2.24, 2.45) is 0 Å². The Labute approximate surface area is 245 Å². The first-order chi connectivity index (χ1) is 18.7. The van der Waals surface area contributed by atoms with Crippen LogP contribution in [0, 0.1) is 0 Å². The number of nitrogens with zero attached hydrogens (tertiary/aromatic N) is 2. The largest absolute Gasteiger partial charge is 0.497 e. The fourth-order valence-electron chi connectivity index (χ4n) is 3.85. The average Bonchev–Trinajstić information content (AvgIpc) is 2.90. The maximum atomic E-state index is 13.9. The number of hydrogen-bond donors (Lipinski definition) is 1. The zero-order valence-corrected chi connectivity index (χ0v) is 25.3. The van der Waals surface area contributed by atoms with E-state index in [1.807, 2.05) is 20.8 Å². The molecule has 0 radical (unpaired) electrons. The summed E-state index contributed by atoms with van der Waals surface area (Å²) in [5, 5.41) is 3.83. The molecule has 0 aliphatic rings. The molecule has 40 heavy (non-hydrogen) atoms. The monoisotopic (exact) mass is 605 g/mol. The van der Waals surface area contributed by atoms with E-state index in [1.54, 1.807) is 43.3 Å². The van der Waals surface area contributed by atoms with Gasteiger partial charge in [-0.25, -0.2) is 8.42 Å². The lowest BCUT2D eigenvalue weighted by molar-refractivity contribution is -0.140. The van der Waals surface area contributed by atoms with Gasteiger partial charge in [0.15, 0.2) is 0 Å². The van der Waals surface area contributed by atoms with Crippen LogP contribution in [0.25, 0.3) is 0 Å². The number of amides is 2. The average molecular weight is 607 g/mol. The Hall–Kier alpha value is -3.27. The molecule has 3 rings (SSSR count). The van der Waals surface area contributed by atoms with E-state index in [1.165, 1.54) is 48.4 Å². The summed E-state index contributed by atoms with van der Waals surface area (Å²) in [6.45, 7) is 6.63. The molecule has 0 spiro atoms. The minimum absolute atomic E-state index is 0.0289. The van der Waals surface area contributed by atoms with Gasteiger partial charge in [-0.3, -0.25) is 13.9 Å². The van der Waals surface area contributed by atoms with E-state index in [4.69, 9.17) is 27.9 Å². The van der Waals surface area contributed by atoms with Crippen LogP contribution in [-0.4, -0.2) is 50.4 Å². The van der Waals surface area contributed by atoms with Gasteiger partial charge in [-0.1, -0.05) is 35.3 Å². The second-order valence-corrected chi connectivity index (χ2v) is 13.0. The molecule has 0 aromatic heterocycles. The molecule has 1 N–H and O–H groups in total. The number of nitrogens with one attached hydrogen (secondary N) is 1. The quantitative estimate of drug-likeness (QED) is 0.328. The van der Waals surface area contributed by atoms with Crippen molar-refractivity contribution >= 4 is 50.7 Å². The van der Waals surface area contributed by atoms with E-state index in [0.29, 0.717) is 15.8 Å². The molecule has 0 heterocycles. The Morgan fingerprint density at radius 1 is 0.900 bits per heavy atom. The summed E-state index contributed by atoms with van der Waals surface area (Å²) >= 11 is 12.1. The number of carbonyl (C=O) groups is 2. The van der Waals surface area contributed by atoms with E-state index in [2.05, 4.69) is 5.32 Å². The van der Waals surface area contributed by atoms with E-state index < -0.39 is 34.1 Å². The number of hydrogen-bond acceptors (Lipinski definition) is 5. The predicted octanol–water partition coefficient (Wildman–Crippen LogP) is 5.53. The molecule has 1 atom stereocenters. The van der Waals surface area contributed by atoms with Gasteiger partial charge in [0, 0.05) is 22.1 Å². The van der Waals surface area contributed by atoms with Crippen molar-refractivity contribution in [2.75, 3.05) is 18.0 Å². The predicted molar refractivity (Wildman–Crippen MR) is 158 cm³/mol. The van der Waals surface area contributed by atoms with Crippen molar-refractivity contribution in [2.45, 2.75) is 50.7 Å².